The number of aromatic nitrogens is 2. The van der Waals surface area contributed by atoms with Crippen molar-refractivity contribution in [2.45, 2.75) is 26.4 Å². The van der Waals surface area contributed by atoms with Crippen LogP contribution in [0.25, 0.3) is 0 Å². The van der Waals surface area contributed by atoms with Crippen LogP contribution in [-0.2, 0) is 6.54 Å². The van der Waals surface area contributed by atoms with Crippen LogP contribution in [0.4, 0.5) is 0 Å². The van der Waals surface area contributed by atoms with E-state index in [2.05, 4.69) is 22.4 Å². The fraction of sp³-hybridized carbons (Fsp3) is 0.400. The Hall–Kier alpha value is -1.20. The summed E-state index contributed by atoms with van der Waals surface area (Å²) in [5.41, 5.74) is 1.15. The lowest BCUT2D eigenvalue weighted by molar-refractivity contribution is 0.537. The third-order valence-electron chi connectivity index (χ3n) is 2.17. The van der Waals surface area contributed by atoms with Gasteiger partial charge in [-0.3, -0.25) is 0 Å². The Bertz CT molecular complexity index is 410. The summed E-state index contributed by atoms with van der Waals surface area (Å²) in [4.78, 5) is 0. The van der Waals surface area contributed by atoms with E-state index in [0.29, 0.717) is 0 Å². The molecular weight excluding hydrogens is 210 g/mol. The molecule has 0 aliphatic rings. The van der Waals surface area contributed by atoms with Crippen LogP contribution in [0.3, 0.4) is 0 Å². The van der Waals surface area contributed by atoms with Gasteiger partial charge in [0, 0.05) is 11.6 Å². The van der Waals surface area contributed by atoms with Crippen LogP contribution in [0.1, 0.15) is 28.5 Å². The van der Waals surface area contributed by atoms with Crippen molar-refractivity contribution >= 4 is 11.3 Å². The maximum Gasteiger partial charge on any atom is 0.131 e. The molecule has 2 heterocycles. The second-order valence-corrected chi connectivity index (χ2v) is 4.64. The Morgan fingerprint density at radius 1 is 1.53 bits per heavy atom. The first-order valence-corrected chi connectivity index (χ1v) is 5.62. The lowest BCUT2D eigenvalue weighted by Crippen LogP contribution is -2.17. The minimum Gasteiger partial charge on any atom is -0.472 e. The van der Waals surface area contributed by atoms with E-state index in [0.717, 1.165) is 22.1 Å². The van der Waals surface area contributed by atoms with Crippen LogP contribution in [-0.4, -0.2) is 10.2 Å². The average molecular weight is 223 g/mol. The standard InChI is InChI=1S/C10H13N3OS/c1-7(9-3-4-14-6-9)11-5-10-13-12-8(2)15-10/h3-4,6-7,11H,5H2,1-2H3. The monoisotopic (exact) mass is 223 g/mol. The molecule has 1 unspecified atom stereocenters. The number of hydrogen-bond acceptors (Lipinski definition) is 5. The van der Waals surface area contributed by atoms with Crippen LogP contribution < -0.4 is 5.32 Å². The van der Waals surface area contributed by atoms with Crippen LogP contribution in [0.2, 0.25) is 0 Å². The second-order valence-electron chi connectivity index (χ2n) is 3.37. The third-order valence-corrected chi connectivity index (χ3v) is 3.01. The van der Waals surface area contributed by atoms with Gasteiger partial charge >= 0.3 is 0 Å². The molecule has 1 atom stereocenters. The Balaban J connectivity index is 1.88. The first-order chi connectivity index (χ1) is 7.25. The van der Waals surface area contributed by atoms with Gasteiger partial charge in [-0.1, -0.05) is 0 Å². The molecular formula is C10H13N3OS. The third kappa shape index (κ3) is 2.64. The fourth-order valence-corrected chi connectivity index (χ4v) is 1.95. The van der Waals surface area contributed by atoms with Crippen molar-refractivity contribution in [1.82, 2.24) is 15.5 Å². The molecule has 5 heteroatoms. The zero-order valence-electron chi connectivity index (χ0n) is 8.73. The highest BCUT2D eigenvalue weighted by atomic mass is 32.1. The highest BCUT2D eigenvalue weighted by molar-refractivity contribution is 7.11. The quantitative estimate of drug-likeness (QED) is 0.864. The first-order valence-electron chi connectivity index (χ1n) is 4.80. The van der Waals surface area contributed by atoms with Gasteiger partial charge in [-0.05, 0) is 19.9 Å². The summed E-state index contributed by atoms with van der Waals surface area (Å²) < 4.78 is 5.03. The summed E-state index contributed by atoms with van der Waals surface area (Å²) in [6, 6.07) is 2.23. The van der Waals surface area contributed by atoms with Gasteiger partial charge in [-0.15, -0.1) is 21.5 Å². The van der Waals surface area contributed by atoms with E-state index < -0.39 is 0 Å². The van der Waals surface area contributed by atoms with E-state index in [1.165, 1.54) is 0 Å². The molecule has 0 bridgehead atoms. The van der Waals surface area contributed by atoms with Crippen LogP contribution in [0.15, 0.2) is 23.0 Å². The van der Waals surface area contributed by atoms with Crippen molar-refractivity contribution in [1.29, 1.82) is 0 Å². The SMILES string of the molecule is Cc1nnc(CNC(C)c2ccoc2)s1. The smallest absolute Gasteiger partial charge is 0.131 e. The molecule has 15 heavy (non-hydrogen) atoms. The molecule has 0 aromatic carbocycles. The molecule has 4 nitrogen and oxygen atoms in total. The number of aryl methyl sites for hydroxylation is 1. The molecule has 0 aliphatic heterocycles. The number of nitrogens with one attached hydrogen (secondary N) is 1. The molecule has 1 N–H and O–H groups in total. The predicted molar refractivity (Wildman–Crippen MR) is 58.6 cm³/mol. The highest BCUT2D eigenvalue weighted by Gasteiger charge is 2.07. The lowest BCUT2D eigenvalue weighted by atomic mass is 10.2. The molecule has 2 aromatic heterocycles. The van der Waals surface area contributed by atoms with Crippen LogP contribution in [0, 0.1) is 6.92 Å². The van der Waals surface area contributed by atoms with Crippen molar-refractivity contribution in [3.63, 3.8) is 0 Å². The van der Waals surface area contributed by atoms with Crippen molar-refractivity contribution in [3.05, 3.63) is 34.2 Å². The Morgan fingerprint density at radius 2 is 2.40 bits per heavy atom. The Labute approximate surface area is 92.3 Å². The molecule has 80 valence electrons. The van der Waals surface area contributed by atoms with Gasteiger partial charge in [0.25, 0.3) is 0 Å². The summed E-state index contributed by atoms with van der Waals surface area (Å²) in [6.07, 6.45) is 3.44. The number of nitrogens with zero attached hydrogens (tertiary/aromatic N) is 2. The number of rotatable bonds is 4. The van der Waals surface area contributed by atoms with Gasteiger partial charge in [0.15, 0.2) is 0 Å². The number of furan rings is 1. The van der Waals surface area contributed by atoms with Crippen molar-refractivity contribution in [2.24, 2.45) is 0 Å². The maximum atomic E-state index is 5.03. The summed E-state index contributed by atoms with van der Waals surface area (Å²) in [6.45, 7) is 4.80. The molecule has 0 radical (unpaired) electrons. The van der Waals surface area contributed by atoms with Gasteiger partial charge in [0.2, 0.25) is 0 Å². The maximum absolute atomic E-state index is 5.03. The summed E-state index contributed by atoms with van der Waals surface area (Å²) >= 11 is 1.62. The largest absolute Gasteiger partial charge is 0.472 e. The van der Waals surface area contributed by atoms with Crippen molar-refractivity contribution in [3.8, 4) is 0 Å². The van der Waals surface area contributed by atoms with E-state index in [1.807, 2.05) is 13.0 Å². The van der Waals surface area contributed by atoms with Crippen molar-refractivity contribution < 1.29 is 4.42 Å². The molecule has 0 amide bonds. The van der Waals surface area contributed by atoms with Gasteiger partial charge in [-0.25, -0.2) is 0 Å². The van der Waals surface area contributed by atoms with Crippen LogP contribution in [0.5, 0.6) is 0 Å². The molecule has 2 rings (SSSR count). The van der Waals surface area contributed by atoms with E-state index in [-0.39, 0.29) is 6.04 Å². The minimum absolute atomic E-state index is 0.271. The van der Waals surface area contributed by atoms with Gasteiger partial charge < -0.3 is 9.73 Å². The normalized spacial score (nSPS) is 12.9. The summed E-state index contributed by atoms with van der Waals surface area (Å²) in [5.74, 6) is 0. The Morgan fingerprint density at radius 3 is 3.00 bits per heavy atom. The second kappa shape index (κ2) is 4.55. The summed E-state index contributed by atoms with van der Waals surface area (Å²) in [7, 11) is 0. The van der Waals surface area contributed by atoms with E-state index >= 15 is 0 Å². The zero-order chi connectivity index (χ0) is 10.7. The van der Waals surface area contributed by atoms with E-state index in [9.17, 15) is 0 Å². The fourth-order valence-electron chi connectivity index (χ4n) is 1.29. The molecule has 0 aliphatic carbocycles. The average Bonchev–Trinajstić information content (AvgIpc) is 2.84. The van der Waals surface area contributed by atoms with Crippen molar-refractivity contribution in [2.75, 3.05) is 0 Å². The first kappa shape index (κ1) is 10.3. The number of hydrogen-bond donors (Lipinski definition) is 1. The molecule has 0 saturated carbocycles. The minimum atomic E-state index is 0.271. The molecule has 0 fully saturated rings. The molecule has 2 aromatic rings. The van der Waals surface area contributed by atoms with E-state index in [1.54, 1.807) is 23.9 Å². The topological polar surface area (TPSA) is 51.0 Å². The zero-order valence-corrected chi connectivity index (χ0v) is 9.54. The van der Waals surface area contributed by atoms with Gasteiger partial charge in [0.05, 0.1) is 19.1 Å². The summed E-state index contributed by atoms with van der Waals surface area (Å²) in [5, 5.41) is 13.4. The van der Waals surface area contributed by atoms with Gasteiger partial charge in [-0.2, -0.15) is 0 Å². The van der Waals surface area contributed by atoms with Gasteiger partial charge in [0.1, 0.15) is 10.0 Å². The predicted octanol–water partition coefficient (Wildman–Crippen LogP) is 2.29. The lowest BCUT2D eigenvalue weighted by Gasteiger charge is -2.09. The van der Waals surface area contributed by atoms with Crippen LogP contribution >= 0.6 is 11.3 Å². The highest BCUT2D eigenvalue weighted by Crippen LogP contribution is 2.14. The van der Waals surface area contributed by atoms with E-state index in [4.69, 9.17) is 4.42 Å². The Kier molecular flexibility index (Phi) is 3.13. The molecule has 0 spiro atoms. The molecule has 0 saturated heterocycles.